The molecule has 0 amide bonds. The maximum absolute atomic E-state index is 6.12. The number of aliphatic imine (C=N–C) groups is 1. The van der Waals surface area contributed by atoms with Crippen molar-refractivity contribution in [1.29, 1.82) is 0 Å². The standard InChI is InChI=1S/C22H39N5O2/c1-5-20-19(21(6-2)26(4)25-20)15-24-22(23-7-3)27-12-10-17(11-13-27)29-16-18-9-8-14-28-18/h17-18H,5-16H2,1-4H3,(H,23,24). The molecule has 164 valence electrons. The van der Waals surface area contributed by atoms with Gasteiger partial charge in [0.05, 0.1) is 31.1 Å². The summed E-state index contributed by atoms with van der Waals surface area (Å²) in [6.45, 7) is 11.7. The summed E-state index contributed by atoms with van der Waals surface area (Å²) in [5.41, 5.74) is 3.76. The van der Waals surface area contributed by atoms with Gasteiger partial charge >= 0.3 is 0 Å². The zero-order valence-electron chi connectivity index (χ0n) is 18.7. The maximum atomic E-state index is 6.12. The summed E-state index contributed by atoms with van der Waals surface area (Å²) in [7, 11) is 2.04. The molecule has 2 aliphatic heterocycles. The molecule has 3 rings (SSSR count). The summed E-state index contributed by atoms with van der Waals surface area (Å²) in [6.07, 6.45) is 6.99. The second-order valence-electron chi connectivity index (χ2n) is 8.03. The molecule has 0 saturated carbocycles. The van der Waals surface area contributed by atoms with Gasteiger partial charge in [0.1, 0.15) is 0 Å². The van der Waals surface area contributed by atoms with E-state index < -0.39 is 0 Å². The molecule has 2 aliphatic rings. The maximum Gasteiger partial charge on any atom is 0.194 e. The van der Waals surface area contributed by atoms with Crippen LogP contribution in [-0.2, 0) is 35.9 Å². The van der Waals surface area contributed by atoms with Crippen LogP contribution in [0, 0.1) is 0 Å². The fourth-order valence-corrected chi connectivity index (χ4v) is 4.41. The number of aromatic nitrogens is 2. The Hall–Kier alpha value is -1.60. The number of piperidine rings is 1. The number of aryl methyl sites for hydroxylation is 2. The van der Waals surface area contributed by atoms with Gasteiger partial charge in [-0.25, -0.2) is 4.99 Å². The van der Waals surface area contributed by atoms with Crippen LogP contribution < -0.4 is 5.32 Å². The van der Waals surface area contributed by atoms with E-state index >= 15 is 0 Å². The Morgan fingerprint density at radius 1 is 1.21 bits per heavy atom. The Labute approximate surface area is 175 Å². The first-order valence-electron chi connectivity index (χ1n) is 11.5. The lowest BCUT2D eigenvalue weighted by molar-refractivity contribution is -0.0367. The Balaban J connectivity index is 1.57. The molecule has 29 heavy (non-hydrogen) atoms. The molecule has 1 aromatic heterocycles. The molecule has 0 radical (unpaired) electrons. The highest BCUT2D eigenvalue weighted by atomic mass is 16.5. The molecule has 0 spiro atoms. The van der Waals surface area contributed by atoms with Crippen molar-refractivity contribution in [2.45, 2.75) is 78.0 Å². The monoisotopic (exact) mass is 405 g/mol. The quantitative estimate of drug-likeness (QED) is 0.532. The first-order chi connectivity index (χ1) is 14.2. The van der Waals surface area contributed by atoms with Gasteiger partial charge in [-0.2, -0.15) is 5.10 Å². The lowest BCUT2D eigenvalue weighted by Gasteiger charge is -2.34. The van der Waals surface area contributed by atoms with Crippen molar-refractivity contribution in [3.8, 4) is 0 Å². The third-order valence-corrected chi connectivity index (χ3v) is 6.03. The highest BCUT2D eigenvalue weighted by Crippen LogP contribution is 2.19. The SMILES string of the molecule is CCNC(=NCc1c(CC)nn(C)c1CC)N1CCC(OCC2CCCO2)CC1. The fraction of sp³-hybridized carbons (Fsp3) is 0.818. The second kappa shape index (κ2) is 11.0. The van der Waals surface area contributed by atoms with Crippen LogP contribution in [0.2, 0.25) is 0 Å². The average Bonchev–Trinajstić information content (AvgIpc) is 3.37. The zero-order valence-corrected chi connectivity index (χ0v) is 18.7. The minimum Gasteiger partial charge on any atom is -0.376 e. The normalized spacial score (nSPS) is 21.2. The number of ether oxygens (including phenoxy) is 2. The average molecular weight is 406 g/mol. The van der Waals surface area contributed by atoms with Crippen LogP contribution in [0.3, 0.4) is 0 Å². The van der Waals surface area contributed by atoms with Crippen LogP contribution >= 0.6 is 0 Å². The third-order valence-electron chi connectivity index (χ3n) is 6.03. The van der Waals surface area contributed by atoms with Crippen molar-refractivity contribution in [3.63, 3.8) is 0 Å². The smallest absolute Gasteiger partial charge is 0.194 e. The van der Waals surface area contributed by atoms with Gasteiger partial charge in [-0.05, 0) is 45.4 Å². The van der Waals surface area contributed by atoms with Gasteiger partial charge in [-0.1, -0.05) is 13.8 Å². The molecule has 0 aliphatic carbocycles. The lowest BCUT2D eigenvalue weighted by atomic mass is 10.1. The number of likely N-dealkylation sites (tertiary alicyclic amines) is 1. The number of hydrogen-bond donors (Lipinski definition) is 1. The van der Waals surface area contributed by atoms with Gasteiger partial charge in [0.25, 0.3) is 0 Å². The number of guanidine groups is 1. The lowest BCUT2D eigenvalue weighted by Crippen LogP contribution is -2.47. The third kappa shape index (κ3) is 5.72. The molecule has 1 N–H and O–H groups in total. The number of nitrogens with one attached hydrogen (secondary N) is 1. The van der Waals surface area contributed by atoms with Crippen molar-refractivity contribution in [1.82, 2.24) is 20.0 Å². The highest BCUT2D eigenvalue weighted by molar-refractivity contribution is 5.80. The molecule has 3 heterocycles. The van der Waals surface area contributed by atoms with Crippen LogP contribution in [0.1, 0.15) is 63.4 Å². The molecule has 7 heteroatoms. The van der Waals surface area contributed by atoms with Crippen molar-refractivity contribution >= 4 is 5.96 Å². The summed E-state index contributed by atoms with van der Waals surface area (Å²) >= 11 is 0. The predicted octanol–water partition coefficient (Wildman–Crippen LogP) is 2.67. The number of hydrogen-bond acceptors (Lipinski definition) is 4. The minimum atomic E-state index is 0.312. The Kier molecular flexibility index (Phi) is 8.36. The molecule has 0 bridgehead atoms. The highest BCUT2D eigenvalue weighted by Gasteiger charge is 2.24. The fourth-order valence-electron chi connectivity index (χ4n) is 4.41. The number of rotatable bonds is 8. The van der Waals surface area contributed by atoms with Crippen LogP contribution in [0.5, 0.6) is 0 Å². The molecule has 1 atom stereocenters. The predicted molar refractivity (Wildman–Crippen MR) is 116 cm³/mol. The van der Waals surface area contributed by atoms with E-state index in [-0.39, 0.29) is 0 Å². The van der Waals surface area contributed by atoms with Crippen molar-refractivity contribution in [2.24, 2.45) is 12.0 Å². The summed E-state index contributed by atoms with van der Waals surface area (Å²) in [5, 5.41) is 8.17. The molecule has 1 aromatic rings. The summed E-state index contributed by atoms with van der Waals surface area (Å²) in [5.74, 6) is 1.01. The van der Waals surface area contributed by atoms with E-state index in [2.05, 4.69) is 36.1 Å². The summed E-state index contributed by atoms with van der Waals surface area (Å²) < 4.78 is 13.8. The van der Waals surface area contributed by atoms with E-state index in [0.717, 1.165) is 70.9 Å². The summed E-state index contributed by atoms with van der Waals surface area (Å²) in [6, 6.07) is 0. The second-order valence-corrected chi connectivity index (χ2v) is 8.03. The van der Waals surface area contributed by atoms with E-state index in [1.54, 1.807) is 0 Å². The Morgan fingerprint density at radius 3 is 2.62 bits per heavy atom. The zero-order chi connectivity index (χ0) is 20.6. The number of nitrogens with zero attached hydrogens (tertiary/aromatic N) is 4. The van der Waals surface area contributed by atoms with Crippen LogP contribution in [0.25, 0.3) is 0 Å². The van der Waals surface area contributed by atoms with E-state index in [0.29, 0.717) is 18.8 Å². The topological polar surface area (TPSA) is 63.9 Å². The Bertz CT molecular complexity index is 658. The largest absolute Gasteiger partial charge is 0.376 e. The minimum absolute atomic E-state index is 0.312. The van der Waals surface area contributed by atoms with E-state index in [4.69, 9.17) is 14.5 Å². The van der Waals surface area contributed by atoms with Crippen LogP contribution in [-0.4, -0.2) is 65.7 Å². The molecule has 1 unspecified atom stereocenters. The first-order valence-corrected chi connectivity index (χ1v) is 11.5. The van der Waals surface area contributed by atoms with E-state index in [9.17, 15) is 0 Å². The van der Waals surface area contributed by atoms with Crippen LogP contribution in [0.4, 0.5) is 0 Å². The van der Waals surface area contributed by atoms with Gasteiger partial charge in [0, 0.05) is 44.5 Å². The summed E-state index contributed by atoms with van der Waals surface area (Å²) in [4.78, 5) is 7.37. The van der Waals surface area contributed by atoms with Gasteiger partial charge in [-0.3, -0.25) is 4.68 Å². The van der Waals surface area contributed by atoms with Gasteiger partial charge in [0.2, 0.25) is 0 Å². The first kappa shape index (κ1) is 22.1. The van der Waals surface area contributed by atoms with Gasteiger partial charge < -0.3 is 19.7 Å². The van der Waals surface area contributed by atoms with Crippen LogP contribution in [0.15, 0.2) is 4.99 Å². The molecule has 2 fully saturated rings. The Morgan fingerprint density at radius 2 is 2.00 bits per heavy atom. The van der Waals surface area contributed by atoms with Crippen molar-refractivity contribution < 1.29 is 9.47 Å². The molecule has 7 nitrogen and oxygen atoms in total. The van der Waals surface area contributed by atoms with E-state index in [1.807, 2.05) is 11.7 Å². The molecule has 2 saturated heterocycles. The molecular weight excluding hydrogens is 366 g/mol. The van der Waals surface area contributed by atoms with Crippen molar-refractivity contribution in [3.05, 3.63) is 17.0 Å². The van der Waals surface area contributed by atoms with Gasteiger partial charge in [-0.15, -0.1) is 0 Å². The van der Waals surface area contributed by atoms with E-state index in [1.165, 1.54) is 23.4 Å². The van der Waals surface area contributed by atoms with Crippen molar-refractivity contribution in [2.75, 3.05) is 32.8 Å². The van der Waals surface area contributed by atoms with Gasteiger partial charge in [0.15, 0.2) is 5.96 Å². The molecular formula is C22H39N5O2. The molecule has 0 aromatic carbocycles.